The SMILES string of the molecule is N#Cc1ccc2c(c1)c1ccccc1n2-c1cc(-c2nc(-c3ccc(-c4ccccc4)cc3)nc(-c3ccc(-c4ccccc4)cc3)n2)ccc1-c1ccccc1. The van der Waals surface area contributed by atoms with Gasteiger partial charge in [0, 0.05) is 33.0 Å². The second kappa shape index (κ2) is 14.4. The van der Waals surface area contributed by atoms with Gasteiger partial charge in [-0.2, -0.15) is 5.26 Å². The van der Waals surface area contributed by atoms with Gasteiger partial charge < -0.3 is 4.57 Å². The summed E-state index contributed by atoms with van der Waals surface area (Å²) >= 11 is 0. The van der Waals surface area contributed by atoms with Crippen molar-refractivity contribution in [3.63, 3.8) is 0 Å². The Hall–Kier alpha value is -7.94. The number of hydrogen-bond acceptors (Lipinski definition) is 4. The number of hydrogen-bond donors (Lipinski definition) is 0. The predicted molar refractivity (Wildman–Crippen MR) is 231 cm³/mol. The molecule has 8 aromatic carbocycles. The zero-order valence-corrected chi connectivity index (χ0v) is 30.8. The second-order valence-corrected chi connectivity index (χ2v) is 14.0. The first-order chi connectivity index (χ1) is 28.2. The Morgan fingerprint density at radius 1 is 0.351 bits per heavy atom. The molecule has 0 unspecified atom stereocenters. The monoisotopic (exact) mass is 727 g/mol. The lowest BCUT2D eigenvalue weighted by molar-refractivity contribution is 1.07. The quantitative estimate of drug-likeness (QED) is 0.164. The Balaban J connectivity index is 1.17. The molecule has 2 heterocycles. The molecule has 5 heteroatoms. The van der Waals surface area contributed by atoms with Gasteiger partial charge in [-0.25, -0.2) is 15.0 Å². The standard InChI is InChI=1S/C52H33N5/c53-34-35-20-31-48-46(32-35)45-18-10-11-19-47(45)57(48)49-33-43(29-30-44(49)40-16-8-3-9-17-40)52-55-50(41-25-21-38(22-26-41)36-12-4-1-5-13-36)54-51(56-52)42-27-23-39(24-28-42)37-14-6-2-7-15-37/h1-33H. The van der Waals surface area contributed by atoms with Crippen LogP contribution in [0.15, 0.2) is 200 Å². The fraction of sp³-hybridized carbons (Fsp3) is 0. The molecule has 266 valence electrons. The van der Waals surface area contributed by atoms with Crippen molar-refractivity contribution in [1.29, 1.82) is 5.26 Å². The molecule has 0 atom stereocenters. The Bertz CT molecular complexity index is 2990. The van der Waals surface area contributed by atoms with Crippen molar-refractivity contribution in [3.05, 3.63) is 206 Å². The molecule has 57 heavy (non-hydrogen) atoms. The van der Waals surface area contributed by atoms with Gasteiger partial charge in [-0.15, -0.1) is 0 Å². The summed E-state index contributed by atoms with van der Waals surface area (Å²) in [6.07, 6.45) is 0. The van der Waals surface area contributed by atoms with E-state index in [-0.39, 0.29) is 0 Å². The Morgan fingerprint density at radius 3 is 1.35 bits per heavy atom. The van der Waals surface area contributed by atoms with Gasteiger partial charge >= 0.3 is 0 Å². The van der Waals surface area contributed by atoms with Crippen LogP contribution >= 0.6 is 0 Å². The molecule has 0 amide bonds. The van der Waals surface area contributed by atoms with Gasteiger partial charge in [-0.1, -0.05) is 170 Å². The first-order valence-electron chi connectivity index (χ1n) is 18.9. The Kier molecular flexibility index (Phi) is 8.48. The van der Waals surface area contributed by atoms with Crippen LogP contribution in [-0.4, -0.2) is 19.5 Å². The molecule has 0 saturated heterocycles. The number of fused-ring (bicyclic) bond motifs is 3. The zero-order valence-electron chi connectivity index (χ0n) is 30.8. The number of para-hydroxylation sites is 1. The summed E-state index contributed by atoms with van der Waals surface area (Å²) in [7, 11) is 0. The topological polar surface area (TPSA) is 67.4 Å². The van der Waals surface area contributed by atoms with Gasteiger partial charge in [0.1, 0.15) is 0 Å². The minimum Gasteiger partial charge on any atom is -0.309 e. The van der Waals surface area contributed by atoms with Gasteiger partial charge in [-0.05, 0) is 58.1 Å². The maximum atomic E-state index is 9.81. The van der Waals surface area contributed by atoms with Crippen LogP contribution in [-0.2, 0) is 0 Å². The molecule has 0 aliphatic carbocycles. The first-order valence-corrected chi connectivity index (χ1v) is 18.9. The van der Waals surface area contributed by atoms with Crippen LogP contribution in [0.2, 0.25) is 0 Å². The van der Waals surface area contributed by atoms with Gasteiger partial charge in [0.15, 0.2) is 17.5 Å². The lowest BCUT2D eigenvalue weighted by Crippen LogP contribution is -2.02. The lowest BCUT2D eigenvalue weighted by atomic mass is 10.0. The fourth-order valence-electron chi connectivity index (χ4n) is 7.67. The predicted octanol–water partition coefficient (Wildman–Crippen LogP) is 12.8. The van der Waals surface area contributed by atoms with E-state index < -0.39 is 0 Å². The third kappa shape index (κ3) is 6.32. The van der Waals surface area contributed by atoms with Crippen molar-refractivity contribution in [2.24, 2.45) is 0 Å². The van der Waals surface area contributed by atoms with Crippen LogP contribution < -0.4 is 0 Å². The molecule has 0 aliphatic rings. The molecule has 0 fully saturated rings. The molecular formula is C52H33N5. The van der Waals surface area contributed by atoms with Crippen LogP contribution in [0.4, 0.5) is 0 Å². The normalized spacial score (nSPS) is 11.1. The molecule has 10 aromatic rings. The molecule has 0 radical (unpaired) electrons. The number of benzene rings is 8. The molecule has 0 N–H and O–H groups in total. The highest BCUT2D eigenvalue weighted by Crippen LogP contribution is 2.39. The van der Waals surface area contributed by atoms with Crippen LogP contribution in [0.25, 0.3) is 95.0 Å². The maximum Gasteiger partial charge on any atom is 0.164 e. The van der Waals surface area contributed by atoms with Crippen molar-refractivity contribution in [2.75, 3.05) is 0 Å². The van der Waals surface area contributed by atoms with Gasteiger partial charge in [0.05, 0.1) is 28.4 Å². The van der Waals surface area contributed by atoms with E-state index in [4.69, 9.17) is 15.0 Å². The first kappa shape index (κ1) is 33.6. The Morgan fingerprint density at radius 2 is 0.789 bits per heavy atom. The van der Waals surface area contributed by atoms with Crippen LogP contribution in [0.1, 0.15) is 5.56 Å². The van der Waals surface area contributed by atoms with Gasteiger partial charge in [-0.3, -0.25) is 0 Å². The van der Waals surface area contributed by atoms with E-state index in [1.165, 1.54) is 0 Å². The highest BCUT2D eigenvalue weighted by molar-refractivity contribution is 6.10. The molecule has 0 spiro atoms. The van der Waals surface area contributed by atoms with Crippen molar-refractivity contribution < 1.29 is 0 Å². The minimum absolute atomic E-state index is 0.572. The highest BCUT2D eigenvalue weighted by Gasteiger charge is 2.19. The van der Waals surface area contributed by atoms with Gasteiger partial charge in [0.2, 0.25) is 0 Å². The molecule has 5 nitrogen and oxygen atoms in total. The number of rotatable bonds is 7. The summed E-state index contributed by atoms with van der Waals surface area (Å²) in [5.41, 5.74) is 13.0. The average molecular weight is 728 g/mol. The van der Waals surface area contributed by atoms with E-state index in [0.29, 0.717) is 23.0 Å². The number of nitrogens with zero attached hydrogens (tertiary/aromatic N) is 5. The van der Waals surface area contributed by atoms with E-state index in [2.05, 4.69) is 168 Å². The molecule has 0 aliphatic heterocycles. The summed E-state index contributed by atoms with van der Waals surface area (Å²) in [6, 6.07) is 71.1. The van der Waals surface area contributed by atoms with E-state index in [1.54, 1.807) is 0 Å². The summed E-state index contributed by atoms with van der Waals surface area (Å²) in [6.45, 7) is 0. The largest absolute Gasteiger partial charge is 0.309 e. The van der Waals surface area contributed by atoms with Gasteiger partial charge in [0.25, 0.3) is 0 Å². The molecule has 2 aromatic heterocycles. The van der Waals surface area contributed by atoms with Crippen LogP contribution in [0.5, 0.6) is 0 Å². The number of nitriles is 1. The maximum absolute atomic E-state index is 9.81. The van der Waals surface area contributed by atoms with E-state index in [9.17, 15) is 5.26 Å². The van der Waals surface area contributed by atoms with E-state index >= 15 is 0 Å². The third-order valence-electron chi connectivity index (χ3n) is 10.5. The summed E-state index contributed by atoms with van der Waals surface area (Å²) in [5, 5.41) is 11.9. The minimum atomic E-state index is 0.572. The van der Waals surface area contributed by atoms with E-state index in [1.807, 2.05) is 42.5 Å². The number of aromatic nitrogens is 4. The van der Waals surface area contributed by atoms with E-state index in [0.717, 1.165) is 77.6 Å². The summed E-state index contributed by atoms with van der Waals surface area (Å²) < 4.78 is 2.30. The molecule has 10 rings (SSSR count). The summed E-state index contributed by atoms with van der Waals surface area (Å²) in [4.78, 5) is 15.4. The highest BCUT2D eigenvalue weighted by atomic mass is 15.0. The van der Waals surface area contributed by atoms with Crippen LogP contribution in [0.3, 0.4) is 0 Å². The van der Waals surface area contributed by atoms with Crippen LogP contribution in [0, 0.1) is 11.3 Å². The lowest BCUT2D eigenvalue weighted by Gasteiger charge is -2.16. The van der Waals surface area contributed by atoms with Crippen molar-refractivity contribution in [3.8, 4) is 79.3 Å². The van der Waals surface area contributed by atoms with Crippen molar-refractivity contribution in [1.82, 2.24) is 19.5 Å². The third-order valence-corrected chi connectivity index (χ3v) is 10.5. The zero-order chi connectivity index (χ0) is 38.1. The van der Waals surface area contributed by atoms with Crippen molar-refractivity contribution >= 4 is 21.8 Å². The smallest absolute Gasteiger partial charge is 0.164 e. The average Bonchev–Trinajstić information content (AvgIpc) is 3.63. The van der Waals surface area contributed by atoms with Crippen molar-refractivity contribution in [2.45, 2.75) is 0 Å². The second-order valence-electron chi connectivity index (χ2n) is 14.0. The molecule has 0 saturated carbocycles. The molecular weight excluding hydrogens is 695 g/mol. The Labute approximate surface area is 330 Å². The fourth-order valence-corrected chi connectivity index (χ4v) is 7.67. The molecule has 0 bridgehead atoms. The summed E-state index contributed by atoms with van der Waals surface area (Å²) in [5.74, 6) is 1.76.